The van der Waals surface area contributed by atoms with Crippen LogP contribution in [0.1, 0.15) is 24.5 Å². The second kappa shape index (κ2) is 7.81. The maximum absolute atomic E-state index is 10.1. The van der Waals surface area contributed by atoms with Gasteiger partial charge < -0.3 is 20.3 Å². The first-order valence-electron chi connectivity index (χ1n) is 6.50. The molecule has 0 saturated heterocycles. The van der Waals surface area contributed by atoms with E-state index in [4.69, 9.17) is 9.84 Å². The lowest BCUT2D eigenvalue weighted by Gasteiger charge is -2.16. The van der Waals surface area contributed by atoms with Crippen LogP contribution in [0.3, 0.4) is 0 Å². The van der Waals surface area contributed by atoms with E-state index in [1.54, 1.807) is 0 Å². The molecule has 0 aliphatic heterocycles. The summed E-state index contributed by atoms with van der Waals surface area (Å²) < 4.78 is 5.17. The number of aliphatic hydroxyl groups is 1. The van der Waals surface area contributed by atoms with Crippen LogP contribution in [0.2, 0.25) is 0 Å². The summed E-state index contributed by atoms with van der Waals surface area (Å²) in [7, 11) is 1.53. The Kier molecular flexibility index (Phi) is 6.39. The van der Waals surface area contributed by atoms with Crippen molar-refractivity contribution in [2.45, 2.75) is 32.4 Å². The quantitative estimate of drug-likeness (QED) is 0.629. The standard InChI is InChI=1S/C15H23NO3/c1-4-6-11-7-12(9-16-13(5-2)10-17)15(18)14(8-11)19-3/h4,7-8,13,16-18H,1,5-6,9-10H2,2-3H3. The zero-order chi connectivity index (χ0) is 14.3. The molecule has 1 aromatic carbocycles. The SMILES string of the molecule is C=CCc1cc(CNC(CC)CO)c(O)c(OC)c1. The van der Waals surface area contributed by atoms with Crippen molar-refractivity contribution >= 4 is 0 Å². The van der Waals surface area contributed by atoms with Gasteiger partial charge in [-0.25, -0.2) is 0 Å². The second-order valence-electron chi connectivity index (χ2n) is 4.47. The van der Waals surface area contributed by atoms with E-state index in [1.807, 2.05) is 25.1 Å². The predicted octanol–water partition coefficient (Wildman–Crippen LogP) is 1.99. The number of aromatic hydroxyl groups is 1. The number of ether oxygens (including phenoxy) is 1. The number of nitrogens with one attached hydrogen (secondary N) is 1. The first-order valence-corrected chi connectivity index (χ1v) is 6.50. The van der Waals surface area contributed by atoms with E-state index < -0.39 is 0 Å². The summed E-state index contributed by atoms with van der Waals surface area (Å²) in [6.45, 7) is 6.29. The van der Waals surface area contributed by atoms with E-state index in [0.29, 0.717) is 12.3 Å². The van der Waals surface area contributed by atoms with Gasteiger partial charge in [-0.1, -0.05) is 19.1 Å². The minimum absolute atomic E-state index is 0.0356. The third kappa shape index (κ3) is 4.26. The number of hydrogen-bond donors (Lipinski definition) is 3. The van der Waals surface area contributed by atoms with Gasteiger partial charge in [-0.05, 0) is 24.5 Å². The Morgan fingerprint density at radius 1 is 1.47 bits per heavy atom. The Hall–Kier alpha value is -1.52. The first-order chi connectivity index (χ1) is 9.15. The van der Waals surface area contributed by atoms with Crippen LogP contribution in [0, 0.1) is 0 Å². The van der Waals surface area contributed by atoms with Gasteiger partial charge in [-0.2, -0.15) is 0 Å². The lowest BCUT2D eigenvalue weighted by molar-refractivity contribution is 0.237. The number of allylic oxidation sites excluding steroid dienone is 1. The number of hydrogen-bond acceptors (Lipinski definition) is 4. The van der Waals surface area contributed by atoms with Crippen molar-refractivity contribution in [1.29, 1.82) is 0 Å². The average Bonchev–Trinajstić information content (AvgIpc) is 2.43. The number of phenolic OH excluding ortho intramolecular Hbond substituents is 1. The molecule has 1 unspecified atom stereocenters. The fourth-order valence-electron chi connectivity index (χ4n) is 1.90. The highest BCUT2D eigenvalue weighted by Gasteiger charge is 2.11. The third-order valence-corrected chi connectivity index (χ3v) is 3.11. The Balaban J connectivity index is 2.91. The van der Waals surface area contributed by atoms with Crippen molar-refractivity contribution < 1.29 is 14.9 Å². The highest BCUT2D eigenvalue weighted by Crippen LogP contribution is 2.31. The van der Waals surface area contributed by atoms with E-state index >= 15 is 0 Å². The molecule has 3 N–H and O–H groups in total. The van der Waals surface area contributed by atoms with E-state index in [-0.39, 0.29) is 18.4 Å². The van der Waals surface area contributed by atoms with Gasteiger partial charge in [0.05, 0.1) is 13.7 Å². The van der Waals surface area contributed by atoms with Crippen molar-refractivity contribution in [3.63, 3.8) is 0 Å². The van der Waals surface area contributed by atoms with Gasteiger partial charge in [0.1, 0.15) is 0 Å². The Morgan fingerprint density at radius 2 is 2.21 bits per heavy atom. The Bertz CT molecular complexity index is 414. The number of aliphatic hydroxyl groups excluding tert-OH is 1. The molecule has 0 aliphatic carbocycles. The maximum atomic E-state index is 10.1. The summed E-state index contributed by atoms with van der Waals surface area (Å²) in [5, 5.41) is 22.4. The summed E-state index contributed by atoms with van der Waals surface area (Å²) >= 11 is 0. The largest absolute Gasteiger partial charge is 0.504 e. The Labute approximate surface area is 114 Å². The maximum Gasteiger partial charge on any atom is 0.162 e. The zero-order valence-corrected chi connectivity index (χ0v) is 11.6. The molecule has 1 atom stereocenters. The van der Waals surface area contributed by atoms with Crippen LogP contribution in [0.25, 0.3) is 0 Å². The second-order valence-corrected chi connectivity index (χ2v) is 4.47. The van der Waals surface area contributed by atoms with Gasteiger partial charge in [0, 0.05) is 18.2 Å². The van der Waals surface area contributed by atoms with E-state index in [1.165, 1.54) is 7.11 Å². The zero-order valence-electron chi connectivity index (χ0n) is 11.6. The van der Waals surface area contributed by atoms with Gasteiger partial charge in [0.25, 0.3) is 0 Å². The van der Waals surface area contributed by atoms with Crippen LogP contribution in [0.15, 0.2) is 24.8 Å². The van der Waals surface area contributed by atoms with Crippen LogP contribution >= 0.6 is 0 Å². The minimum atomic E-state index is 0.0356. The lowest BCUT2D eigenvalue weighted by Crippen LogP contribution is -2.31. The minimum Gasteiger partial charge on any atom is -0.504 e. The van der Waals surface area contributed by atoms with E-state index in [9.17, 15) is 5.11 Å². The lowest BCUT2D eigenvalue weighted by atomic mass is 10.1. The van der Waals surface area contributed by atoms with Crippen molar-refractivity contribution in [2.75, 3.05) is 13.7 Å². The van der Waals surface area contributed by atoms with Crippen LogP contribution in [-0.4, -0.2) is 30.0 Å². The number of rotatable bonds is 8. The van der Waals surface area contributed by atoms with Crippen molar-refractivity contribution in [3.05, 3.63) is 35.9 Å². The van der Waals surface area contributed by atoms with Crippen molar-refractivity contribution in [2.24, 2.45) is 0 Å². The van der Waals surface area contributed by atoms with Gasteiger partial charge >= 0.3 is 0 Å². The fraction of sp³-hybridized carbons (Fsp3) is 0.467. The molecule has 0 amide bonds. The smallest absolute Gasteiger partial charge is 0.162 e. The number of methoxy groups -OCH3 is 1. The van der Waals surface area contributed by atoms with E-state index in [0.717, 1.165) is 24.0 Å². The average molecular weight is 265 g/mol. The summed E-state index contributed by atoms with van der Waals surface area (Å²) in [5.41, 5.74) is 1.81. The molecule has 4 heteroatoms. The summed E-state index contributed by atoms with van der Waals surface area (Å²) in [4.78, 5) is 0. The highest BCUT2D eigenvalue weighted by molar-refractivity contribution is 5.48. The molecular formula is C15H23NO3. The molecule has 106 valence electrons. The first kappa shape index (κ1) is 15.5. The fourth-order valence-corrected chi connectivity index (χ4v) is 1.90. The number of phenols is 1. The van der Waals surface area contributed by atoms with Gasteiger partial charge in [-0.15, -0.1) is 6.58 Å². The van der Waals surface area contributed by atoms with Crippen LogP contribution < -0.4 is 10.1 Å². The van der Waals surface area contributed by atoms with Crippen molar-refractivity contribution in [1.82, 2.24) is 5.32 Å². The molecule has 0 aromatic heterocycles. The van der Waals surface area contributed by atoms with E-state index in [2.05, 4.69) is 11.9 Å². The highest BCUT2D eigenvalue weighted by atomic mass is 16.5. The summed E-state index contributed by atoms with van der Waals surface area (Å²) in [6, 6.07) is 3.77. The van der Waals surface area contributed by atoms with Gasteiger partial charge in [-0.3, -0.25) is 0 Å². The monoisotopic (exact) mass is 265 g/mol. The summed E-state index contributed by atoms with van der Waals surface area (Å²) in [5.74, 6) is 0.615. The molecule has 1 aromatic rings. The molecule has 0 spiro atoms. The molecule has 1 rings (SSSR count). The Morgan fingerprint density at radius 3 is 2.74 bits per heavy atom. The van der Waals surface area contributed by atoms with Crippen LogP contribution in [-0.2, 0) is 13.0 Å². The molecule has 0 fully saturated rings. The van der Waals surface area contributed by atoms with Crippen LogP contribution in [0.5, 0.6) is 11.5 Å². The van der Waals surface area contributed by atoms with Crippen LogP contribution in [0.4, 0.5) is 0 Å². The normalized spacial score (nSPS) is 12.2. The molecular weight excluding hydrogens is 242 g/mol. The van der Waals surface area contributed by atoms with Gasteiger partial charge in [0.15, 0.2) is 11.5 Å². The molecule has 0 radical (unpaired) electrons. The topological polar surface area (TPSA) is 61.7 Å². The van der Waals surface area contributed by atoms with Gasteiger partial charge in [0.2, 0.25) is 0 Å². The summed E-state index contributed by atoms with van der Waals surface area (Å²) in [6.07, 6.45) is 3.37. The number of benzene rings is 1. The molecule has 0 bridgehead atoms. The molecule has 0 aliphatic rings. The third-order valence-electron chi connectivity index (χ3n) is 3.11. The predicted molar refractivity (Wildman–Crippen MR) is 76.6 cm³/mol. The molecule has 19 heavy (non-hydrogen) atoms. The molecule has 4 nitrogen and oxygen atoms in total. The van der Waals surface area contributed by atoms with Crippen molar-refractivity contribution in [3.8, 4) is 11.5 Å². The molecule has 0 saturated carbocycles. The molecule has 0 heterocycles.